The van der Waals surface area contributed by atoms with Crippen LogP contribution < -0.4 is 10.1 Å². The largest absolute Gasteiger partial charge is 0.494 e. The average Bonchev–Trinajstić information content (AvgIpc) is 2.51. The van der Waals surface area contributed by atoms with E-state index in [1.165, 1.54) is 0 Å². The number of carbonyl (C=O) groups is 1. The predicted molar refractivity (Wildman–Crippen MR) is 97.9 cm³/mol. The molecule has 2 aromatic carbocycles. The van der Waals surface area contributed by atoms with Crippen molar-refractivity contribution in [1.29, 1.82) is 0 Å². The molecule has 0 aliphatic carbocycles. The smallest absolute Gasteiger partial charge is 0.239 e. The Kier molecular flexibility index (Phi) is 6.39. The lowest BCUT2D eigenvalue weighted by Gasteiger charge is -2.08. The lowest BCUT2D eigenvalue weighted by atomic mass is 10.2. The van der Waals surface area contributed by atoms with E-state index < -0.39 is 21.5 Å². The minimum absolute atomic E-state index is 0.170. The zero-order valence-electron chi connectivity index (χ0n) is 13.2. The highest BCUT2D eigenvalue weighted by Crippen LogP contribution is 2.16. The molecule has 5 nitrogen and oxygen atoms in total. The van der Waals surface area contributed by atoms with Crippen molar-refractivity contribution < 1.29 is 17.9 Å². The number of ether oxygens (including phenoxy) is 1. The molecule has 1 N–H and O–H groups in total. The Morgan fingerprint density at radius 1 is 1.08 bits per heavy atom. The van der Waals surface area contributed by atoms with E-state index in [0.29, 0.717) is 23.6 Å². The topological polar surface area (TPSA) is 72.5 Å². The molecule has 0 atom stereocenters. The van der Waals surface area contributed by atoms with E-state index in [1.807, 2.05) is 6.92 Å². The summed E-state index contributed by atoms with van der Waals surface area (Å²) in [6.07, 6.45) is 0. The molecule has 128 valence electrons. The number of rotatable bonds is 7. The molecule has 1 amide bonds. The van der Waals surface area contributed by atoms with Crippen molar-refractivity contribution in [2.75, 3.05) is 17.7 Å². The van der Waals surface area contributed by atoms with Crippen LogP contribution in [0, 0.1) is 0 Å². The van der Waals surface area contributed by atoms with Crippen molar-refractivity contribution >= 4 is 37.4 Å². The van der Waals surface area contributed by atoms with Crippen LogP contribution in [0.1, 0.15) is 12.5 Å². The Morgan fingerprint density at radius 3 is 2.29 bits per heavy atom. The van der Waals surface area contributed by atoms with Crippen LogP contribution in [0.2, 0.25) is 0 Å². The second kappa shape index (κ2) is 8.30. The second-order valence-electron chi connectivity index (χ2n) is 5.16. The van der Waals surface area contributed by atoms with Gasteiger partial charge in [-0.2, -0.15) is 0 Å². The SMILES string of the molecule is CCOc1ccc(NC(=O)CS(=O)(=O)Cc2ccc(Br)cc2)cc1. The molecule has 2 rings (SSSR count). The highest BCUT2D eigenvalue weighted by Gasteiger charge is 2.17. The summed E-state index contributed by atoms with van der Waals surface area (Å²) in [4.78, 5) is 12.0. The highest BCUT2D eigenvalue weighted by molar-refractivity contribution is 9.10. The maximum Gasteiger partial charge on any atom is 0.239 e. The molecular formula is C17H18BrNO4S. The molecule has 24 heavy (non-hydrogen) atoms. The summed E-state index contributed by atoms with van der Waals surface area (Å²) in [5.74, 6) is -0.595. The summed E-state index contributed by atoms with van der Waals surface area (Å²) in [5.41, 5.74) is 1.18. The first-order chi connectivity index (χ1) is 11.4. The van der Waals surface area contributed by atoms with Gasteiger partial charge in [-0.15, -0.1) is 0 Å². The normalized spacial score (nSPS) is 11.1. The second-order valence-corrected chi connectivity index (χ2v) is 8.14. The molecule has 0 heterocycles. The van der Waals surface area contributed by atoms with Crippen LogP contribution in [-0.4, -0.2) is 26.7 Å². The van der Waals surface area contributed by atoms with Crippen molar-refractivity contribution in [3.8, 4) is 5.75 Å². The van der Waals surface area contributed by atoms with Gasteiger partial charge in [-0.1, -0.05) is 28.1 Å². The van der Waals surface area contributed by atoms with Crippen molar-refractivity contribution in [3.63, 3.8) is 0 Å². The number of hydrogen-bond donors (Lipinski definition) is 1. The fourth-order valence-electron chi connectivity index (χ4n) is 2.08. The van der Waals surface area contributed by atoms with Crippen molar-refractivity contribution in [2.45, 2.75) is 12.7 Å². The number of sulfone groups is 1. The number of carbonyl (C=O) groups excluding carboxylic acids is 1. The van der Waals surface area contributed by atoms with Gasteiger partial charge in [0.1, 0.15) is 11.5 Å². The quantitative estimate of drug-likeness (QED) is 0.757. The minimum Gasteiger partial charge on any atom is -0.494 e. The third-order valence-corrected chi connectivity index (χ3v) is 5.10. The fraction of sp³-hybridized carbons (Fsp3) is 0.235. The predicted octanol–water partition coefficient (Wildman–Crippen LogP) is 3.40. The molecule has 2 aromatic rings. The number of halogens is 1. The highest BCUT2D eigenvalue weighted by atomic mass is 79.9. The Morgan fingerprint density at radius 2 is 1.71 bits per heavy atom. The summed E-state index contributed by atoms with van der Waals surface area (Å²) in [6.45, 7) is 2.44. The van der Waals surface area contributed by atoms with E-state index in [-0.39, 0.29) is 5.75 Å². The summed E-state index contributed by atoms with van der Waals surface area (Å²) in [7, 11) is -3.54. The van der Waals surface area contributed by atoms with Gasteiger partial charge < -0.3 is 10.1 Å². The van der Waals surface area contributed by atoms with Gasteiger partial charge >= 0.3 is 0 Å². The Balaban J connectivity index is 1.93. The molecular weight excluding hydrogens is 394 g/mol. The third kappa shape index (κ3) is 5.98. The molecule has 7 heteroatoms. The summed E-state index contributed by atoms with van der Waals surface area (Å²) in [5, 5.41) is 2.58. The summed E-state index contributed by atoms with van der Waals surface area (Å²) in [6, 6.07) is 13.7. The van der Waals surface area contributed by atoms with Crippen LogP contribution in [0.4, 0.5) is 5.69 Å². The van der Waals surface area contributed by atoms with Crippen LogP contribution in [0.5, 0.6) is 5.75 Å². The Bertz CT molecular complexity index is 786. The van der Waals surface area contributed by atoms with Crippen molar-refractivity contribution in [3.05, 3.63) is 58.6 Å². The van der Waals surface area contributed by atoms with Gasteiger partial charge in [0.2, 0.25) is 5.91 Å². The molecule has 0 bridgehead atoms. The van der Waals surface area contributed by atoms with Gasteiger partial charge in [-0.3, -0.25) is 4.79 Å². The van der Waals surface area contributed by atoms with Crippen molar-refractivity contribution in [2.24, 2.45) is 0 Å². The Labute approximate surface area is 150 Å². The molecule has 0 fully saturated rings. The van der Waals surface area contributed by atoms with E-state index in [1.54, 1.807) is 48.5 Å². The summed E-state index contributed by atoms with van der Waals surface area (Å²) >= 11 is 3.29. The van der Waals surface area contributed by atoms with E-state index >= 15 is 0 Å². The molecule has 0 aliphatic heterocycles. The van der Waals surface area contributed by atoms with Gasteiger partial charge in [-0.05, 0) is 48.9 Å². The number of hydrogen-bond acceptors (Lipinski definition) is 4. The number of anilines is 1. The van der Waals surface area contributed by atoms with E-state index in [2.05, 4.69) is 21.2 Å². The van der Waals surface area contributed by atoms with E-state index in [4.69, 9.17) is 4.74 Å². The molecule has 0 radical (unpaired) electrons. The lowest BCUT2D eigenvalue weighted by Crippen LogP contribution is -2.23. The zero-order valence-corrected chi connectivity index (χ0v) is 15.6. The molecule has 0 unspecified atom stereocenters. The molecule has 0 aliphatic rings. The van der Waals surface area contributed by atoms with Crippen LogP contribution in [0.15, 0.2) is 53.0 Å². The zero-order chi connectivity index (χ0) is 17.6. The lowest BCUT2D eigenvalue weighted by molar-refractivity contribution is -0.113. The first-order valence-electron chi connectivity index (χ1n) is 7.35. The maximum atomic E-state index is 12.1. The number of nitrogens with one attached hydrogen (secondary N) is 1. The molecule has 0 spiro atoms. The first kappa shape index (κ1) is 18.5. The van der Waals surface area contributed by atoms with Gasteiger partial charge in [0.15, 0.2) is 9.84 Å². The van der Waals surface area contributed by atoms with Crippen LogP contribution in [0.3, 0.4) is 0 Å². The van der Waals surface area contributed by atoms with Gasteiger partial charge in [0, 0.05) is 10.2 Å². The number of amides is 1. The van der Waals surface area contributed by atoms with Crippen LogP contribution in [-0.2, 0) is 20.4 Å². The third-order valence-electron chi connectivity index (χ3n) is 3.10. The van der Waals surface area contributed by atoms with Gasteiger partial charge in [-0.25, -0.2) is 8.42 Å². The maximum absolute atomic E-state index is 12.1. The molecule has 0 saturated carbocycles. The molecule has 0 saturated heterocycles. The van der Waals surface area contributed by atoms with Crippen molar-refractivity contribution in [1.82, 2.24) is 0 Å². The summed E-state index contributed by atoms with van der Waals surface area (Å²) < 4.78 is 30.4. The van der Waals surface area contributed by atoms with Gasteiger partial charge in [0.25, 0.3) is 0 Å². The monoisotopic (exact) mass is 411 g/mol. The first-order valence-corrected chi connectivity index (χ1v) is 9.97. The standard InChI is InChI=1S/C17H18BrNO4S/c1-2-23-16-9-7-15(8-10-16)19-17(20)12-24(21,22)11-13-3-5-14(18)6-4-13/h3-10H,2,11-12H2,1H3,(H,19,20). The number of benzene rings is 2. The fourth-order valence-corrected chi connectivity index (χ4v) is 3.62. The average molecular weight is 412 g/mol. The van der Waals surface area contributed by atoms with Gasteiger partial charge in [0.05, 0.1) is 12.4 Å². The molecule has 0 aromatic heterocycles. The van der Waals surface area contributed by atoms with E-state index in [9.17, 15) is 13.2 Å². The Hall–Kier alpha value is -1.86. The van der Waals surface area contributed by atoms with E-state index in [0.717, 1.165) is 4.47 Å². The van der Waals surface area contributed by atoms with Crippen LogP contribution in [0.25, 0.3) is 0 Å². The minimum atomic E-state index is -3.54. The van der Waals surface area contributed by atoms with Crippen LogP contribution >= 0.6 is 15.9 Å².